The molecule has 0 radical (unpaired) electrons. The lowest BCUT2D eigenvalue weighted by molar-refractivity contribution is -0.333. The largest absolute Gasteiger partial charge is 0.508 e. The molecule has 17 rings (SSSR count). The Labute approximate surface area is 761 Å². The van der Waals surface area contributed by atoms with Gasteiger partial charge in [0.2, 0.25) is 59.3 Å². The average molecular weight is 1850 g/mol. The van der Waals surface area contributed by atoms with E-state index in [4.69, 9.17) is 61.0 Å². The molecular formula is C92H121ClN12O26. The number of carbonyl (C=O) groups is 9. The maximum Gasteiger partial charge on any atom is 0.321 e. The molecule has 5 aromatic carbocycles. The van der Waals surface area contributed by atoms with Gasteiger partial charge in [-0.15, -0.1) is 0 Å². The van der Waals surface area contributed by atoms with Gasteiger partial charge in [0.05, 0.1) is 48.5 Å². The lowest BCUT2D eigenvalue weighted by atomic mass is 9.54. The lowest BCUT2D eigenvalue weighted by Gasteiger charge is -2.54. The van der Waals surface area contributed by atoms with Crippen LogP contribution >= 0.6 is 11.6 Å². The van der Waals surface area contributed by atoms with Gasteiger partial charge < -0.3 is 143 Å². The Balaban J connectivity index is 0.982. The third-order valence-electron chi connectivity index (χ3n) is 26.7. The second-order valence-electron chi connectivity index (χ2n) is 37.4. The van der Waals surface area contributed by atoms with Crippen molar-refractivity contribution >= 4 is 64.9 Å². The highest BCUT2D eigenvalue weighted by molar-refractivity contribution is 6.32. The molecule has 8 aliphatic heterocycles. The van der Waals surface area contributed by atoms with Crippen molar-refractivity contribution in [3.05, 3.63) is 118 Å². The number of unbranched alkanes of at least 4 members (excludes halogenated alkanes) is 5. The van der Waals surface area contributed by atoms with Crippen molar-refractivity contribution in [3.63, 3.8) is 0 Å². The van der Waals surface area contributed by atoms with Crippen LogP contribution < -0.4 is 78.8 Å². The van der Waals surface area contributed by atoms with E-state index in [9.17, 15) is 60.3 Å². The lowest BCUT2D eigenvalue weighted by Crippen LogP contribution is -2.64. The number of halogens is 1. The number of aromatic hydroxyl groups is 3. The molecule has 12 aliphatic rings. The van der Waals surface area contributed by atoms with Gasteiger partial charge in [-0.3, -0.25) is 43.7 Å². The number of nitrogens with one attached hydrogen (secondary N) is 10. The van der Waals surface area contributed by atoms with Crippen LogP contribution in [0.2, 0.25) is 5.02 Å². The Bertz CT molecular complexity index is 5020. The zero-order chi connectivity index (χ0) is 94.1. The van der Waals surface area contributed by atoms with Crippen molar-refractivity contribution in [1.82, 2.24) is 53.2 Å². The van der Waals surface area contributed by atoms with E-state index in [1.807, 2.05) is 13.8 Å². The number of fused-ring (bicyclic) bond motifs is 15. The summed E-state index contributed by atoms with van der Waals surface area (Å²) in [5.41, 5.74) is 8.70. The number of rotatable bonds is 23. The van der Waals surface area contributed by atoms with Gasteiger partial charge in [0.25, 0.3) is 0 Å². The van der Waals surface area contributed by atoms with Gasteiger partial charge in [0.15, 0.2) is 30.2 Å². The van der Waals surface area contributed by atoms with Crippen LogP contribution in [-0.4, -0.2) is 228 Å². The summed E-state index contributed by atoms with van der Waals surface area (Å²) in [6.45, 7) is 11.0. The van der Waals surface area contributed by atoms with Gasteiger partial charge in [-0.2, -0.15) is 0 Å². The predicted molar refractivity (Wildman–Crippen MR) is 468 cm³/mol. The number of hydrogen-bond donors (Lipinski definition) is 21. The molecule has 39 heteroatoms. The standard InChI is InChI=1S/C92H121ClN12O26/c1-9-10-11-12-13-14-23-97-90(123)99-64(110)36-57-83(117)101-70-50-32-61(78(131-89-79(76(113)75(112)63(39-106)128-89)130-66-38-92(7,95)81(115)42(5)125-66)62(33-50)127-60-22-18-47(31-55(60)93)74(111)72(87(121)98-57)104-82(116)56(96-8)24-40(2)3)126-52-19-15-45(16-20-52)77(129-65-37-91(6,94)80(114)41(4)124-65)73-88(122)103-71(86(120)100-68-48-26-43-25-44(28-48)29-49(68)27-43)54-34-51(107)35-59(109)67(54)53-30-46(17-21-58(53)108)69(84(118)105-73)102-85(70)119/h15-22,30-35,40-44,48-49,56-57,63,65-66,68-77,79-81,89,96,106-109,111-115H,9-14,23-29,36-39,94-95H2,1-8H3,(H,98,121)(H,100,120)(H,101,117)(H,102,119)(H,103,122)(H,104,116)(H,105,118)(H2,97,99,110,123)/t41-,42-,43?,44?,48?,49?,56+,57?,63+,65-,66?,68?,69+,70?,71+,72?,73-,74+,75+,76-,77+,79+,80-,81-,89+,91-,92-/m0/s1. The summed E-state index contributed by atoms with van der Waals surface area (Å²) < 4.78 is 52.9. The summed E-state index contributed by atoms with van der Waals surface area (Å²) in [5.74, 6) is -13.0. The number of ether oxygens (including phenoxy) is 8. The smallest absolute Gasteiger partial charge is 0.321 e. The number of nitrogens with two attached hydrogens (primary N) is 2. The molecule has 712 valence electrons. The van der Waals surface area contributed by atoms with E-state index < -0.39 is 246 Å². The summed E-state index contributed by atoms with van der Waals surface area (Å²) in [5, 5.41) is 133. The van der Waals surface area contributed by atoms with Gasteiger partial charge in [-0.05, 0) is 192 Å². The van der Waals surface area contributed by atoms with Gasteiger partial charge in [0.1, 0.15) is 95.5 Å². The first-order valence-corrected chi connectivity index (χ1v) is 45.4. The molecule has 131 heavy (non-hydrogen) atoms. The van der Waals surface area contributed by atoms with Crippen LogP contribution in [0.15, 0.2) is 84.9 Å². The molecule has 38 nitrogen and oxygen atoms in total. The summed E-state index contributed by atoms with van der Waals surface area (Å²) >= 11 is 7.28. The summed E-state index contributed by atoms with van der Waals surface area (Å²) in [4.78, 5) is 141. The first-order chi connectivity index (χ1) is 62.3. The SMILES string of the molecule is CCCCCCCCNC(=O)NC(=O)CC1NC(=O)C(NC(=O)[C@@H](CC(C)C)NC)[C@H](O)c2ccc(c(Cl)c2)Oc2cc3cc(c2O[C@H]2O[C@H](CO)[C@@H](O)[C@H](O)[C@H]2OC2C[C@](C)(N)[C@@H](O)[C@H](C)O2)Oc2ccc(cc2)[C@@H](O[C@H]2C[C@](C)(N)[C@@H](O)[C@H](C)O2)[C@@H]2NC(=O)[C@H](NC(=O)C3NC1=O)c1ccc(O)c(c1)-c1c(O)cc(O)cc1[C@H](C(=O)NC1C3CC4CC(C3)CC1C4)NC2=O. The highest BCUT2D eigenvalue weighted by Crippen LogP contribution is 2.55. The number of benzene rings is 5. The van der Waals surface area contributed by atoms with E-state index in [0.29, 0.717) is 18.3 Å². The first-order valence-electron chi connectivity index (χ1n) is 45.0. The number of likely N-dealkylation sites (N-methyl/N-ethyl adjacent to an activating group) is 1. The maximum atomic E-state index is 16.9. The monoisotopic (exact) mass is 1840 g/mol. The van der Waals surface area contributed by atoms with Crippen molar-refractivity contribution in [1.29, 1.82) is 0 Å². The number of phenols is 3. The van der Waals surface area contributed by atoms with Crippen LogP contribution in [0.1, 0.15) is 203 Å². The fourth-order valence-corrected chi connectivity index (χ4v) is 20.2. The molecule has 15 bridgehead atoms. The topological polar surface area (TPSA) is 582 Å². The van der Waals surface area contributed by atoms with Crippen molar-refractivity contribution in [3.8, 4) is 57.1 Å². The molecule has 8 heterocycles. The van der Waals surface area contributed by atoms with Crippen LogP contribution in [0.25, 0.3) is 11.1 Å². The predicted octanol–water partition coefficient (Wildman–Crippen LogP) is 4.25. The van der Waals surface area contributed by atoms with E-state index in [-0.39, 0.29) is 93.5 Å². The molecule has 23 N–H and O–H groups in total. The number of phenolic OH excluding ortho intramolecular Hbond substituents is 3. The summed E-state index contributed by atoms with van der Waals surface area (Å²) in [7, 11) is 1.49. The first kappa shape index (κ1) is 96.9. The van der Waals surface area contributed by atoms with E-state index in [1.54, 1.807) is 6.92 Å². The molecule has 0 spiro atoms. The number of aliphatic hydroxyl groups excluding tert-OH is 6. The number of urea groups is 1. The van der Waals surface area contributed by atoms with Gasteiger partial charge in [-0.25, -0.2) is 4.79 Å². The Kier molecular flexibility index (Phi) is 30.1. The second-order valence-corrected chi connectivity index (χ2v) is 37.8. The number of hydrogen-bond acceptors (Lipinski definition) is 29. The van der Waals surface area contributed by atoms with E-state index in [1.165, 1.54) is 76.3 Å². The minimum absolute atomic E-state index is 0.0221. The van der Waals surface area contributed by atoms with E-state index in [2.05, 4.69) is 60.1 Å². The number of imide groups is 1. The van der Waals surface area contributed by atoms with Crippen LogP contribution in [-0.2, 0) is 62.0 Å². The fraction of sp³-hybridized carbons (Fsp3) is 0.576. The molecule has 4 aliphatic carbocycles. The summed E-state index contributed by atoms with van der Waals surface area (Å²) in [6.07, 6.45) is -13.1. The second kappa shape index (κ2) is 40.7. The molecule has 4 unspecified atom stereocenters. The van der Waals surface area contributed by atoms with Gasteiger partial charge in [-0.1, -0.05) is 88.7 Å². The molecule has 5 aromatic rings. The number of aliphatic hydroxyl groups is 6. The van der Waals surface area contributed by atoms with Crippen molar-refractivity contribution in [2.45, 2.75) is 284 Å². The van der Waals surface area contributed by atoms with Gasteiger partial charge >= 0.3 is 6.03 Å². The average Bonchev–Trinajstić information content (AvgIpc) is 0.755. The quantitative estimate of drug-likeness (QED) is 0.0406. The molecule has 3 saturated heterocycles. The summed E-state index contributed by atoms with van der Waals surface area (Å²) in [6, 6.07) is 1.33. The zero-order valence-electron chi connectivity index (χ0n) is 74.1. The van der Waals surface area contributed by atoms with Crippen molar-refractivity contribution in [2.24, 2.45) is 41.1 Å². The number of carbonyl (C=O) groups excluding carboxylic acids is 9. The Hall–Kier alpha value is -10.1. The van der Waals surface area contributed by atoms with E-state index in [0.717, 1.165) is 101 Å². The van der Waals surface area contributed by atoms with Crippen LogP contribution in [0.5, 0.6) is 46.0 Å². The third-order valence-corrected chi connectivity index (χ3v) is 27.0. The minimum Gasteiger partial charge on any atom is -0.508 e. The normalized spacial score (nSPS) is 33.1. The van der Waals surface area contributed by atoms with Crippen LogP contribution in [0.3, 0.4) is 0 Å². The fourth-order valence-electron chi connectivity index (χ4n) is 19.9. The molecule has 22 atom stereocenters. The molecule has 10 amide bonds. The number of amides is 10. The minimum atomic E-state index is -2.39. The zero-order valence-corrected chi connectivity index (χ0v) is 74.9. The molecule has 7 fully saturated rings. The third kappa shape index (κ3) is 21.7. The van der Waals surface area contributed by atoms with Crippen LogP contribution in [0.4, 0.5) is 4.79 Å². The highest BCUT2D eigenvalue weighted by atomic mass is 35.5. The maximum absolute atomic E-state index is 16.9. The van der Waals surface area contributed by atoms with Gasteiger partial charge in [0, 0.05) is 53.7 Å². The molecule has 0 aromatic heterocycles. The van der Waals surface area contributed by atoms with Crippen LogP contribution in [0, 0.1) is 29.6 Å². The van der Waals surface area contributed by atoms with Crippen molar-refractivity contribution < 1.29 is 127 Å². The Morgan fingerprint density at radius 2 is 1.24 bits per heavy atom. The van der Waals surface area contributed by atoms with E-state index >= 15 is 28.8 Å². The molecular weight excluding hydrogens is 1720 g/mol. The Morgan fingerprint density at radius 1 is 0.634 bits per heavy atom. The Morgan fingerprint density at radius 3 is 1.88 bits per heavy atom. The molecule has 4 saturated carbocycles. The highest BCUT2D eigenvalue weighted by Gasteiger charge is 2.54. The van der Waals surface area contributed by atoms with Crippen molar-refractivity contribution in [2.75, 3.05) is 20.2 Å².